The van der Waals surface area contributed by atoms with E-state index in [2.05, 4.69) is 4.99 Å². The Bertz CT molecular complexity index is 1070. The van der Waals surface area contributed by atoms with Crippen molar-refractivity contribution in [2.45, 2.75) is 0 Å². The molecule has 0 unspecified atom stereocenters. The van der Waals surface area contributed by atoms with Crippen molar-refractivity contribution in [2.75, 3.05) is 0 Å². The van der Waals surface area contributed by atoms with Gasteiger partial charge in [0.25, 0.3) is 0 Å². The molecule has 122 valence electrons. The summed E-state index contributed by atoms with van der Waals surface area (Å²) < 4.78 is 5.26. The average Bonchev–Trinajstić information content (AvgIpc) is 2.95. The molecule has 0 radical (unpaired) electrons. The van der Waals surface area contributed by atoms with Crippen LogP contribution in [0, 0.1) is 0 Å². The van der Waals surface area contributed by atoms with Crippen LogP contribution in [0.25, 0.3) is 16.8 Å². The Hall–Kier alpha value is -2.62. The third-order valence-electron chi connectivity index (χ3n) is 3.86. The van der Waals surface area contributed by atoms with Gasteiger partial charge in [-0.3, -0.25) is 0 Å². The molecule has 1 heterocycles. The van der Waals surface area contributed by atoms with Crippen LogP contribution in [0.1, 0.15) is 11.1 Å². The minimum atomic E-state index is -0.505. The average molecular weight is 368 g/mol. The van der Waals surface area contributed by atoms with Gasteiger partial charge < -0.3 is 4.74 Å². The van der Waals surface area contributed by atoms with Crippen LogP contribution in [-0.2, 0) is 9.53 Å². The molecule has 3 aromatic rings. The lowest BCUT2D eigenvalue weighted by Crippen LogP contribution is -2.05. The standard InChI is InChI=1S/C20H11Cl2NO2/c21-15-7-8-16(17(22)11-15)19-23-18(20(24)25-19)10-12-5-6-13-3-1-2-4-14(13)9-12/h1-11H/b18-10-. The number of esters is 1. The van der Waals surface area contributed by atoms with Gasteiger partial charge in [0.1, 0.15) is 0 Å². The summed E-state index contributed by atoms with van der Waals surface area (Å²) in [6, 6.07) is 18.9. The third kappa shape index (κ3) is 3.16. The molecule has 1 aliphatic rings. The molecule has 5 heteroatoms. The predicted molar refractivity (Wildman–Crippen MR) is 101 cm³/mol. The Morgan fingerprint density at radius 1 is 0.920 bits per heavy atom. The molecule has 0 aliphatic carbocycles. The molecule has 0 bridgehead atoms. The quantitative estimate of drug-likeness (QED) is 0.443. The number of ether oxygens (including phenoxy) is 1. The molecule has 3 aromatic carbocycles. The summed E-state index contributed by atoms with van der Waals surface area (Å²) in [5, 5.41) is 3.11. The van der Waals surface area contributed by atoms with Gasteiger partial charge in [0, 0.05) is 5.02 Å². The minimum absolute atomic E-state index is 0.179. The molecule has 3 nitrogen and oxygen atoms in total. The van der Waals surface area contributed by atoms with Crippen LogP contribution in [0.3, 0.4) is 0 Å². The highest BCUT2D eigenvalue weighted by atomic mass is 35.5. The lowest BCUT2D eigenvalue weighted by Gasteiger charge is -2.02. The van der Waals surface area contributed by atoms with E-state index < -0.39 is 5.97 Å². The van der Waals surface area contributed by atoms with E-state index >= 15 is 0 Å². The zero-order valence-electron chi connectivity index (χ0n) is 12.9. The van der Waals surface area contributed by atoms with E-state index in [9.17, 15) is 4.79 Å². The summed E-state index contributed by atoms with van der Waals surface area (Å²) in [5.74, 6) is -0.326. The summed E-state index contributed by atoms with van der Waals surface area (Å²) in [6.45, 7) is 0. The fourth-order valence-corrected chi connectivity index (χ4v) is 3.13. The normalized spacial score (nSPS) is 15.5. The summed E-state index contributed by atoms with van der Waals surface area (Å²) in [6.07, 6.45) is 1.70. The van der Waals surface area contributed by atoms with Crippen LogP contribution in [0.4, 0.5) is 0 Å². The van der Waals surface area contributed by atoms with Crippen molar-refractivity contribution in [2.24, 2.45) is 4.99 Å². The van der Waals surface area contributed by atoms with E-state index in [1.54, 1.807) is 24.3 Å². The molecular weight excluding hydrogens is 357 g/mol. The van der Waals surface area contributed by atoms with Gasteiger partial charge in [0.2, 0.25) is 5.90 Å². The van der Waals surface area contributed by atoms with E-state index in [-0.39, 0.29) is 11.6 Å². The van der Waals surface area contributed by atoms with Crippen LogP contribution in [-0.4, -0.2) is 11.9 Å². The fourth-order valence-electron chi connectivity index (χ4n) is 2.64. The van der Waals surface area contributed by atoms with Gasteiger partial charge in [-0.1, -0.05) is 59.6 Å². The number of carbonyl (C=O) groups excluding carboxylic acids is 1. The number of aliphatic imine (C=N–C) groups is 1. The van der Waals surface area contributed by atoms with Gasteiger partial charge in [0.15, 0.2) is 5.70 Å². The number of hydrogen-bond acceptors (Lipinski definition) is 3. The molecule has 0 N–H and O–H groups in total. The van der Waals surface area contributed by atoms with Crippen molar-refractivity contribution in [3.05, 3.63) is 87.5 Å². The SMILES string of the molecule is O=C1OC(c2ccc(Cl)cc2Cl)=N/C1=C\c1ccc2ccccc2c1. The number of nitrogens with zero attached hydrogens (tertiary/aromatic N) is 1. The van der Waals surface area contributed by atoms with Crippen LogP contribution < -0.4 is 0 Å². The minimum Gasteiger partial charge on any atom is -0.402 e. The van der Waals surface area contributed by atoms with Gasteiger partial charge in [-0.05, 0) is 46.7 Å². The van der Waals surface area contributed by atoms with Crippen molar-refractivity contribution in [1.29, 1.82) is 0 Å². The van der Waals surface area contributed by atoms with E-state index in [4.69, 9.17) is 27.9 Å². The van der Waals surface area contributed by atoms with Gasteiger partial charge in [0.05, 0.1) is 10.6 Å². The maximum absolute atomic E-state index is 12.1. The van der Waals surface area contributed by atoms with Crippen LogP contribution in [0.2, 0.25) is 10.0 Å². The molecule has 0 aromatic heterocycles. The van der Waals surface area contributed by atoms with E-state index in [1.165, 1.54) is 0 Å². The monoisotopic (exact) mass is 367 g/mol. The zero-order chi connectivity index (χ0) is 17.4. The first-order chi connectivity index (χ1) is 12.1. The predicted octanol–water partition coefficient (Wildman–Crippen LogP) is 5.49. The molecule has 25 heavy (non-hydrogen) atoms. The molecule has 0 amide bonds. The number of cyclic esters (lactones) is 1. The number of hydrogen-bond donors (Lipinski definition) is 0. The first-order valence-corrected chi connectivity index (χ1v) is 8.32. The highest BCUT2D eigenvalue weighted by Crippen LogP contribution is 2.26. The van der Waals surface area contributed by atoms with Crippen LogP contribution in [0.15, 0.2) is 71.4 Å². The van der Waals surface area contributed by atoms with Gasteiger partial charge >= 0.3 is 5.97 Å². The summed E-state index contributed by atoms with van der Waals surface area (Å²) in [4.78, 5) is 16.4. The molecule has 4 rings (SSSR count). The lowest BCUT2D eigenvalue weighted by atomic mass is 10.1. The van der Waals surface area contributed by atoms with Gasteiger partial charge in [-0.15, -0.1) is 0 Å². The largest absolute Gasteiger partial charge is 0.402 e. The second-order valence-electron chi connectivity index (χ2n) is 5.57. The molecular formula is C20H11Cl2NO2. The van der Waals surface area contributed by atoms with Crippen molar-refractivity contribution in [3.63, 3.8) is 0 Å². The van der Waals surface area contributed by atoms with Gasteiger partial charge in [-0.2, -0.15) is 0 Å². The first kappa shape index (κ1) is 15.9. The van der Waals surface area contributed by atoms with Crippen molar-refractivity contribution >= 4 is 51.9 Å². The molecule has 0 saturated carbocycles. The Balaban J connectivity index is 1.72. The van der Waals surface area contributed by atoms with E-state index in [0.717, 1.165) is 16.3 Å². The lowest BCUT2D eigenvalue weighted by molar-refractivity contribution is -0.129. The first-order valence-electron chi connectivity index (χ1n) is 7.57. The summed E-state index contributed by atoms with van der Waals surface area (Å²) in [5.41, 5.74) is 1.63. The molecule has 0 fully saturated rings. The molecule has 0 spiro atoms. The Kier molecular flexibility index (Phi) is 4.04. The highest BCUT2D eigenvalue weighted by Gasteiger charge is 2.25. The van der Waals surface area contributed by atoms with Gasteiger partial charge in [-0.25, -0.2) is 9.79 Å². The van der Waals surface area contributed by atoms with E-state index in [0.29, 0.717) is 15.6 Å². The second kappa shape index (κ2) is 6.36. The Morgan fingerprint density at radius 2 is 1.72 bits per heavy atom. The molecule has 0 atom stereocenters. The smallest absolute Gasteiger partial charge is 0.363 e. The van der Waals surface area contributed by atoms with Crippen molar-refractivity contribution in [3.8, 4) is 0 Å². The topological polar surface area (TPSA) is 38.7 Å². The maximum atomic E-state index is 12.1. The second-order valence-corrected chi connectivity index (χ2v) is 6.41. The van der Waals surface area contributed by atoms with Crippen molar-refractivity contribution < 1.29 is 9.53 Å². The Morgan fingerprint density at radius 3 is 2.52 bits per heavy atom. The number of halogens is 2. The van der Waals surface area contributed by atoms with E-state index in [1.807, 2.05) is 42.5 Å². The van der Waals surface area contributed by atoms with Crippen LogP contribution >= 0.6 is 23.2 Å². The number of benzene rings is 3. The Labute approximate surface area is 154 Å². The number of fused-ring (bicyclic) bond motifs is 1. The number of rotatable bonds is 2. The highest BCUT2D eigenvalue weighted by molar-refractivity contribution is 6.37. The third-order valence-corrected chi connectivity index (χ3v) is 4.41. The maximum Gasteiger partial charge on any atom is 0.363 e. The fraction of sp³-hybridized carbons (Fsp3) is 0. The number of carbonyl (C=O) groups is 1. The molecule has 0 saturated heterocycles. The zero-order valence-corrected chi connectivity index (χ0v) is 14.4. The van der Waals surface area contributed by atoms with Crippen LogP contribution in [0.5, 0.6) is 0 Å². The summed E-state index contributed by atoms with van der Waals surface area (Å²) in [7, 11) is 0. The molecule has 1 aliphatic heterocycles. The van der Waals surface area contributed by atoms with Crippen molar-refractivity contribution in [1.82, 2.24) is 0 Å². The summed E-state index contributed by atoms with van der Waals surface area (Å²) >= 11 is 12.0.